The third kappa shape index (κ3) is 2.71. The summed E-state index contributed by atoms with van der Waals surface area (Å²) in [5.41, 5.74) is 8.02. The van der Waals surface area contributed by atoms with E-state index in [0.29, 0.717) is 12.5 Å². The summed E-state index contributed by atoms with van der Waals surface area (Å²) in [5.74, 6) is 0.421. The number of hydrogen-bond donors (Lipinski definition) is 1. The Hall–Kier alpha value is -1.08. The minimum absolute atomic E-state index is 0.421. The molecule has 2 N–H and O–H groups in total. The average Bonchev–Trinajstić information content (AvgIpc) is 2.18. The van der Waals surface area contributed by atoms with Crippen molar-refractivity contribution in [1.82, 2.24) is 0 Å². The Kier molecular flexibility index (Phi) is 3.71. The summed E-state index contributed by atoms with van der Waals surface area (Å²) in [4.78, 5) is 0. The van der Waals surface area contributed by atoms with Gasteiger partial charge >= 0.3 is 0 Å². The maximum absolute atomic E-state index is 5.48. The molecule has 0 saturated heterocycles. The fourth-order valence-corrected chi connectivity index (χ4v) is 1.38. The van der Waals surface area contributed by atoms with Crippen LogP contribution in [0.5, 0.6) is 0 Å². The second-order valence-electron chi connectivity index (χ2n) is 3.33. The summed E-state index contributed by atoms with van der Waals surface area (Å²) in [6.07, 6.45) is 0.913. The summed E-state index contributed by atoms with van der Waals surface area (Å²) in [7, 11) is 0. The minimum Gasteiger partial charge on any atom is -0.330 e. The summed E-state index contributed by atoms with van der Waals surface area (Å²) in [6, 6.07) is 10.4. The van der Waals surface area contributed by atoms with Crippen molar-refractivity contribution in [1.29, 1.82) is 0 Å². The summed E-state index contributed by atoms with van der Waals surface area (Å²) in [5, 5.41) is 0. The zero-order chi connectivity index (χ0) is 9.68. The van der Waals surface area contributed by atoms with Crippen molar-refractivity contribution in [2.75, 3.05) is 6.54 Å². The molecule has 1 aromatic rings. The first-order valence-corrected chi connectivity index (χ1v) is 4.68. The Morgan fingerprint density at radius 1 is 1.38 bits per heavy atom. The molecule has 0 aliphatic heterocycles. The average molecular weight is 175 g/mol. The van der Waals surface area contributed by atoms with Gasteiger partial charge in [-0.25, -0.2) is 0 Å². The highest BCUT2D eigenvalue weighted by Crippen LogP contribution is 2.23. The van der Waals surface area contributed by atoms with Crippen molar-refractivity contribution in [3.8, 4) is 0 Å². The van der Waals surface area contributed by atoms with Gasteiger partial charge in [0.2, 0.25) is 0 Å². The molecule has 0 aliphatic carbocycles. The van der Waals surface area contributed by atoms with E-state index in [0.717, 1.165) is 6.42 Å². The molecule has 70 valence electrons. The van der Waals surface area contributed by atoms with Gasteiger partial charge in [0.1, 0.15) is 0 Å². The highest BCUT2D eigenvalue weighted by molar-refractivity contribution is 5.26. The Morgan fingerprint density at radius 2 is 2.00 bits per heavy atom. The van der Waals surface area contributed by atoms with Gasteiger partial charge in [0.05, 0.1) is 0 Å². The van der Waals surface area contributed by atoms with Gasteiger partial charge in [0.15, 0.2) is 0 Å². The Bertz CT molecular complexity index is 264. The predicted octanol–water partition coefficient (Wildman–Crippen LogP) is 2.70. The van der Waals surface area contributed by atoms with Gasteiger partial charge in [-0.05, 0) is 18.5 Å². The van der Waals surface area contributed by atoms with Crippen molar-refractivity contribution >= 4 is 0 Å². The summed E-state index contributed by atoms with van der Waals surface area (Å²) >= 11 is 0. The number of benzene rings is 1. The smallest absolute Gasteiger partial charge is 0.00176 e. The van der Waals surface area contributed by atoms with Crippen LogP contribution in [0.4, 0.5) is 0 Å². The summed E-state index contributed by atoms with van der Waals surface area (Å²) < 4.78 is 0. The highest BCUT2D eigenvalue weighted by atomic mass is 14.5. The molecular formula is C12H17N. The second kappa shape index (κ2) is 4.83. The molecular weight excluding hydrogens is 158 g/mol. The van der Waals surface area contributed by atoms with Crippen molar-refractivity contribution in [2.24, 2.45) is 5.73 Å². The van der Waals surface area contributed by atoms with Crippen molar-refractivity contribution in [3.05, 3.63) is 48.0 Å². The molecule has 0 spiro atoms. The van der Waals surface area contributed by atoms with Gasteiger partial charge < -0.3 is 5.73 Å². The maximum Gasteiger partial charge on any atom is 0.00176 e. The van der Waals surface area contributed by atoms with Crippen molar-refractivity contribution in [2.45, 2.75) is 19.3 Å². The van der Waals surface area contributed by atoms with Gasteiger partial charge in [-0.2, -0.15) is 0 Å². The van der Waals surface area contributed by atoms with Crippen LogP contribution in [-0.4, -0.2) is 6.54 Å². The van der Waals surface area contributed by atoms with E-state index in [1.165, 1.54) is 11.1 Å². The Balaban J connectivity index is 2.68. The Morgan fingerprint density at radius 3 is 2.54 bits per heavy atom. The van der Waals surface area contributed by atoms with Gasteiger partial charge in [0, 0.05) is 5.92 Å². The van der Waals surface area contributed by atoms with Crippen molar-refractivity contribution < 1.29 is 0 Å². The zero-order valence-corrected chi connectivity index (χ0v) is 8.16. The third-order valence-electron chi connectivity index (χ3n) is 2.38. The molecule has 0 aromatic heterocycles. The number of nitrogens with two attached hydrogens (primary N) is 1. The fraction of sp³-hybridized carbons (Fsp3) is 0.333. The fourth-order valence-electron chi connectivity index (χ4n) is 1.38. The minimum atomic E-state index is 0.421. The van der Waals surface area contributed by atoms with E-state index < -0.39 is 0 Å². The molecule has 0 saturated carbocycles. The van der Waals surface area contributed by atoms with Gasteiger partial charge in [-0.15, -0.1) is 0 Å². The molecule has 0 aliphatic rings. The lowest BCUT2D eigenvalue weighted by Crippen LogP contribution is -2.04. The normalized spacial score (nSPS) is 12.5. The first kappa shape index (κ1) is 10.0. The molecule has 0 fully saturated rings. The first-order chi connectivity index (χ1) is 6.25. The molecule has 0 amide bonds. The van der Waals surface area contributed by atoms with Crippen LogP contribution in [0.1, 0.15) is 24.8 Å². The van der Waals surface area contributed by atoms with E-state index in [-0.39, 0.29) is 0 Å². The predicted molar refractivity (Wildman–Crippen MR) is 57.7 cm³/mol. The van der Waals surface area contributed by atoms with Crippen LogP contribution < -0.4 is 5.73 Å². The molecule has 0 heterocycles. The van der Waals surface area contributed by atoms with Gasteiger partial charge in [-0.3, -0.25) is 0 Å². The molecule has 0 bridgehead atoms. The molecule has 1 atom stereocenters. The van der Waals surface area contributed by atoms with Crippen LogP contribution in [0.25, 0.3) is 0 Å². The zero-order valence-electron chi connectivity index (χ0n) is 8.16. The SMILES string of the molecule is C=C(CCN)C(C)c1ccccc1. The molecule has 1 nitrogen and oxygen atoms in total. The quantitative estimate of drug-likeness (QED) is 0.699. The number of hydrogen-bond acceptors (Lipinski definition) is 1. The second-order valence-corrected chi connectivity index (χ2v) is 3.33. The monoisotopic (exact) mass is 175 g/mol. The third-order valence-corrected chi connectivity index (χ3v) is 2.38. The molecule has 1 heteroatoms. The molecule has 1 aromatic carbocycles. The van der Waals surface area contributed by atoms with Crippen LogP contribution in [0.2, 0.25) is 0 Å². The van der Waals surface area contributed by atoms with Crippen LogP contribution >= 0.6 is 0 Å². The largest absolute Gasteiger partial charge is 0.330 e. The maximum atomic E-state index is 5.48. The standard InChI is InChI=1S/C12H17N/c1-10(8-9-13)11(2)12-6-4-3-5-7-12/h3-7,11H,1,8-9,13H2,2H3. The van der Waals surface area contributed by atoms with Crippen LogP contribution in [-0.2, 0) is 0 Å². The van der Waals surface area contributed by atoms with Gasteiger partial charge in [-0.1, -0.05) is 49.4 Å². The van der Waals surface area contributed by atoms with Crippen molar-refractivity contribution in [3.63, 3.8) is 0 Å². The van der Waals surface area contributed by atoms with Crippen LogP contribution in [0, 0.1) is 0 Å². The van der Waals surface area contributed by atoms with Crippen LogP contribution in [0.3, 0.4) is 0 Å². The summed E-state index contributed by atoms with van der Waals surface area (Å²) in [6.45, 7) is 6.91. The van der Waals surface area contributed by atoms with Gasteiger partial charge in [0.25, 0.3) is 0 Å². The lowest BCUT2D eigenvalue weighted by molar-refractivity contribution is 0.808. The highest BCUT2D eigenvalue weighted by Gasteiger charge is 2.07. The van der Waals surface area contributed by atoms with Crippen LogP contribution in [0.15, 0.2) is 42.5 Å². The molecule has 0 radical (unpaired) electrons. The van der Waals surface area contributed by atoms with E-state index in [2.05, 4.69) is 37.8 Å². The van der Waals surface area contributed by atoms with E-state index in [9.17, 15) is 0 Å². The van der Waals surface area contributed by atoms with E-state index in [1.807, 2.05) is 6.07 Å². The first-order valence-electron chi connectivity index (χ1n) is 4.68. The number of rotatable bonds is 4. The molecule has 1 rings (SSSR count). The van der Waals surface area contributed by atoms with E-state index in [1.54, 1.807) is 0 Å². The molecule has 13 heavy (non-hydrogen) atoms. The van der Waals surface area contributed by atoms with E-state index >= 15 is 0 Å². The Labute approximate surface area is 80.3 Å². The lowest BCUT2D eigenvalue weighted by Gasteiger charge is -2.14. The molecule has 1 unspecified atom stereocenters. The van der Waals surface area contributed by atoms with E-state index in [4.69, 9.17) is 5.73 Å². The lowest BCUT2D eigenvalue weighted by atomic mass is 9.92. The topological polar surface area (TPSA) is 26.0 Å².